The van der Waals surface area contributed by atoms with Gasteiger partial charge in [-0.15, -0.1) is 5.10 Å². The molecule has 3 aromatic heterocycles. The number of nitrogens with zero attached hydrogens (tertiary/aromatic N) is 5. The van der Waals surface area contributed by atoms with Gasteiger partial charge in [-0.3, -0.25) is 14.5 Å². The summed E-state index contributed by atoms with van der Waals surface area (Å²) in [6, 6.07) is 18.8. The van der Waals surface area contributed by atoms with E-state index in [-0.39, 0.29) is 0 Å². The molecule has 0 N–H and O–H groups in total. The van der Waals surface area contributed by atoms with E-state index in [0.717, 1.165) is 18.1 Å². The molecule has 0 radical (unpaired) electrons. The molecular weight excluding hydrogens is 394 g/mol. The number of hydrogen-bond acceptors (Lipinski definition) is 5. The molecule has 0 unspecified atom stereocenters. The van der Waals surface area contributed by atoms with Crippen molar-refractivity contribution in [1.29, 1.82) is 0 Å². The molecule has 1 fully saturated rings. The van der Waals surface area contributed by atoms with E-state index >= 15 is 0 Å². The summed E-state index contributed by atoms with van der Waals surface area (Å²) >= 11 is 5.86. The Bertz CT molecular complexity index is 1150. The van der Waals surface area contributed by atoms with Gasteiger partial charge in [0, 0.05) is 25.0 Å². The second kappa shape index (κ2) is 8.38. The second-order valence-electron chi connectivity index (χ2n) is 7.64. The molecule has 30 heavy (non-hydrogen) atoms. The molecule has 0 spiro atoms. The summed E-state index contributed by atoms with van der Waals surface area (Å²) < 4.78 is 10.3. The fourth-order valence-electron chi connectivity index (χ4n) is 3.66. The Balaban J connectivity index is 1.47. The van der Waals surface area contributed by atoms with Crippen LogP contribution < -0.4 is 0 Å². The molecule has 152 valence electrons. The number of benzene rings is 1. The van der Waals surface area contributed by atoms with Gasteiger partial charge in [0.05, 0.1) is 19.5 Å². The maximum absolute atomic E-state index is 5.86. The van der Waals surface area contributed by atoms with Crippen LogP contribution >= 0.6 is 12.2 Å². The zero-order valence-corrected chi connectivity index (χ0v) is 17.4. The Kier molecular flexibility index (Phi) is 5.29. The Hall–Kier alpha value is -3.03. The van der Waals surface area contributed by atoms with Gasteiger partial charge in [-0.25, -0.2) is 4.68 Å². The van der Waals surface area contributed by atoms with Crippen LogP contribution in [0.2, 0.25) is 0 Å². The average molecular weight is 418 g/mol. The molecule has 1 aromatic carbocycles. The average Bonchev–Trinajstić information content (AvgIpc) is 3.41. The minimum Gasteiger partial charge on any atom is -0.461 e. The first-order chi connectivity index (χ1) is 14.8. The number of rotatable bonds is 8. The molecule has 5 rings (SSSR count). The molecule has 1 saturated carbocycles. The fraction of sp³-hybridized carbons (Fsp3) is 0.261. The molecule has 0 bridgehead atoms. The molecule has 1 aliphatic carbocycles. The normalized spacial score (nSPS) is 13.8. The molecule has 6 nitrogen and oxygen atoms in total. The third-order valence-corrected chi connectivity index (χ3v) is 5.77. The van der Waals surface area contributed by atoms with E-state index in [1.54, 1.807) is 6.26 Å². The summed E-state index contributed by atoms with van der Waals surface area (Å²) in [6.45, 7) is 2.14. The predicted octanol–water partition coefficient (Wildman–Crippen LogP) is 4.74. The number of aromatic nitrogens is 4. The lowest BCUT2D eigenvalue weighted by Gasteiger charge is -2.21. The minimum atomic E-state index is 0.568. The zero-order valence-electron chi connectivity index (χ0n) is 16.6. The standard InChI is InChI=1S/C23H23N5OS/c30-23-27(16-18-6-2-1-3-7-18)22(21-9-5-13-29-21)25-28(23)17-26(20-10-11-20)15-19-8-4-12-24-14-19/h1-9,12-14,20H,10-11,15-17H2. The molecule has 0 aliphatic heterocycles. The lowest BCUT2D eigenvalue weighted by molar-refractivity contribution is 0.186. The van der Waals surface area contributed by atoms with Crippen LogP contribution in [0.3, 0.4) is 0 Å². The third-order valence-electron chi connectivity index (χ3n) is 5.34. The van der Waals surface area contributed by atoms with Crippen molar-refractivity contribution in [3.63, 3.8) is 0 Å². The van der Waals surface area contributed by atoms with Gasteiger partial charge < -0.3 is 4.42 Å². The summed E-state index contributed by atoms with van der Waals surface area (Å²) in [7, 11) is 0. The summed E-state index contributed by atoms with van der Waals surface area (Å²) in [5, 5.41) is 4.86. The Labute approximate surface area is 180 Å². The number of hydrogen-bond donors (Lipinski definition) is 0. The minimum absolute atomic E-state index is 0.568. The van der Waals surface area contributed by atoms with Crippen molar-refractivity contribution in [3.05, 3.63) is 89.2 Å². The number of pyridine rings is 1. The van der Waals surface area contributed by atoms with E-state index in [1.165, 1.54) is 24.0 Å². The third kappa shape index (κ3) is 4.13. The van der Waals surface area contributed by atoms with Crippen LogP contribution in [0.4, 0.5) is 0 Å². The quantitative estimate of drug-likeness (QED) is 0.388. The van der Waals surface area contributed by atoms with E-state index in [0.29, 0.717) is 24.0 Å². The molecular formula is C23H23N5OS. The van der Waals surface area contributed by atoms with Crippen molar-refractivity contribution in [3.8, 4) is 11.6 Å². The summed E-state index contributed by atoms with van der Waals surface area (Å²) in [4.78, 5) is 6.68. The monoisotopic (exact) mass is 417 g/mol. The van der Waals surface area contributed by atoms with Gasteiger partial charge in [0.2, 0.25) is 0 Å². The summed E-state index contributed by atoms with van der Waals surface area (Å²) in [5.74, 6) is 1.48. The molecule has 4 aromatic rings. The van der Waals surface area contributed by atoms with Crippen molar-refractivity contribution >= 4 is 12.2 Å². The van der Waals surface area contributed by atoms with Gasteiger partial charge in [-0.2, -0.15) is 0 Å². The van der Waals surface area contributed by atoms with Gasteiger partial charge >= 0.3 is 0 Å². The zero-order chi connectivity index (χ0) is 20.3. The van der Waals surface area contributed by atoms with Crippen LogP contribution in [-0.2, 0) is 19.8 Å². The van der Waals surface area contributed by atoms with Gasteiger partial charge in [-0.05, 0) is 54.4 Å². The SMILES string of the molecule is S=c1n(CN(Cc2cccnc2)C2CC2)nc(-c2ccco2)n1Cc1ccccc1. The van der Waals surface area contributed by atoms with Crippen molar-refractivity contribution in [2.75, 3.05) is 0 Å². The van der Waals surface area contributed by atoms with Crippen LogP contribution in [0.25, 0.3) is 11.6 Å². The van der Waals surface area contributed by atoms with E-state index in [2.05, 4.69) is 32.7 Å². The van der Waals surface area contributed by atoms with E-state index < -0.39 is 0 Å². The Morgan fingerprint density at radius 3 is 2.57 bits per heavy atom. The van der Waals surface area contributed by atoms with Crippen LogP contribution in [0.5, 0.6) is 0 Å². The van der Waals surface area contributed by atoms with Crippen molar-refractivity contribution in [2.24, 2.45) is 0 Å². The molecule has 0 amide bonds. The smallest absolute Gasteiger partial charge is 0.199 e. The summed E-state index contributed by atoms with van der Waals surface area (Å²) in [6.07, 6.45) is 7.83. The maximum Gasteiger partial charge on any atom is 0.199 e. The predicted molar refractivity (Wildman–Crippen MR) is 117 cm³/mol. The molecule has 0 atom stereocenters. The first kappa shape index (κ1) is 19.0. The molecule has 0 saturated heterocycles. The molecule has 3 heterocycles. The lowest BCUT2D eigenvalue weighted by atomic mass is 10.2. The lowest BCUT2D eigenvalue weighted by Crippen LogP contribution is -2.29. The van der Waals surface area contributed by atoms with Crippen LogP contribution in [-0.4, -0.2) is 30.3 Å². The largest absolute Gasteiger partial charge is 0.461 e. The van der Waals surface area contributed by atoms with Crippen LogP contribution in [0, 0.1) is 4.77 Å². The van der Waals surface area contributed by atoms with Crippen LogP contribution in [0.15, 0.2) is 77.7 Å². The van der Waals surface area contributed by atoms with Crippen molar-refractivity contribution in [2.45, 2.75) is 38.6 Å². The van der Waals surface area contributed by atoms with E-state index in [1.807, 2.05) is 53.5 Å². The van der Waals surface area contributed by atoms with Gasteiger partial charge in [0.1, 0.15) is 0 Å². The maximum atomic E-state index is 5.86. The molecule has 7 heteroatoms. The second-order valence-corrected chi connectivity index (χ2v) is 8.00. The topological polar surface area (TPSA) is 52.0 Å². The molecule has 1 aliphatic rings. The summed E-state index contributed by atoms with van der Waals surface area (Å²) in [5.41, 5.74) is 2.38. The van der Waals surface area contributed by atoms with Crippen LogP contribution in [0.1, 0.15) is 24.0 Å². The van der Waals surface area contributed by atoms with Gasteiger partial charge in [-0.1, -0.05) is 36.4 Å². The Morgan fingerprint density at radius 1 is 1.03 bits per heavy atom. The fourth-order valence-corrected chi connectivity index (χ4v) is 3.91. The highest BCUT2D eigenvalue weighted by Crippen LogP contribution is 2.29. The first-order valence-corrected chi connectivity index (χ1v) is 10.6. The highest BCUT2D eigenvalue weighted by molar-refractivity contribution is 7.71. The van der Waals surface area contributed by atoms with Crippen molar-refractivity contribution in [1.82, 2.24) is 24.2 Å². The first-order valence-electron chi connectivity index (χ1n) is 10.2. The Morgan fingerprint density at radius 2 is 1.87 bits per heavy atom. The highest BCUT2D eigenvalue weighted by Gasteiger charge is 2.30. The highest BCUT2D eigenvalue weighted by atomic mass is 32.1. The van der Waals surface area contributed by atoms with Gasteiger partial charge in [0.25, 0.3) is 0 Å². The van der Waals surface area contributed by atoms with Crippen molar-refractivity contribution < 1.29 is 4.42 Å². The van der Waals surface area contributed by atoms with E-state index in [9.17, 15) is 0 Å². The number of furan rings is 1. The van der Waals surface area contributed by atoms with Gasteiger partial charge in [0.15, 0.2) is 16.4 Å². The van der Waals surface area contributed by atoms with E-state index in [4.69, 9.17) is 21.7 Å².